The minimum atomic E-state index is -0.573. The van der Waals surface area contributed by atoms with Crippen molar-refractivity contribution in [2.45, 2.75) is 185 Å². The Morgan fingerprint density at radius 2 is 1.07 bits per heavy atom. The second kappa shape index (κ2) is 32.2. The van der Waals surface area contributed by atoms with E-state index in [1.54, 1.807) is 20.8 Å². The number of hydrogen-bond donors (Lipinski definition) is 0. The number of nitrogens with zero attached hydrogens (tertiary/aromatic N) is 1. The highest BCUT2D eigenvalue weighted by molar-refractivity contribution is 9.28. The second-order valence-electron chi connectivity index (χ2n) is 24.1. The summed E-state index contributed by atoms with van der Waals surface area (Å²) >= 11 is 6.82. The maximum Gasteiger partial charge on any atom is 0.307 e. The summed E-state index contributed by atoms with van der Waals surface area (Å²) in [6.07, 6.45) is 12.3. The number of benzene rings is 2. The van der Waals surface area contributed by atoms with Crippen molar-refractivity contribution in [1.29, 1.82) is 0 Å². The summed E-state index contributed by atoms with van der Waals surface area (Å²) in [5, 5.41) is 1.15. The number of halogens is 2. The minimum absolute atomic E-state index is 0.0302. The zero-order valence-corrected chi connectivity index (χ0v) is 49.7. The Labute approximate surface area is 452 Å². The van der Waals surface area contributed by atoms with Gasteiger partial charge in [-0.2, -0.15) is 0 Å². The highest BCUT2D eigenvalue weighted by atomic mass is 79.9. The van der Waals surface area contributed by atoms with Crippen LogP contribution in [-0.2, 0) is 56.2 Å². The lowest BCUT2D eigenvalue weighted by molar-refractivity contribution is -0.177. The van der Waals surface area contributed by atoms with Gasteiger partial charge >= 0.3 is 11.9 Å². The number of carbonyl (C=O) groups is 4. The first kappa shape index (κ1) is 64.8. The van der Waals surface area contributed by atoms with Crippen molar-refractivity contribution in [3.63, 3.8) is 0 Å². The maximum absolute atomic E-state index is 12.9. The third-order valence-electron chi connectivity index (χ3n) is 11.9. The SMILES string of the molecule is CC(C)(C)CC1CC(C#CC(=O)C(CCCOCc2ccccc2)CC(=O)OC(C)(C)C)C1.CC(C)(C)CC1CC(C=C(Br)Br)C1.CON(C)C(=O)C(CCCOCc1ccccc1)CC(=O)OC(C)(C)C. The Bertz CT molecular complexity index is 1990. The van der Waals surface area contributed by atoms with E-state index in [-0.39, 0.29) is 36.5 Å². The minimum Gasteiger partial charge on any atom is -0.460 e. The number of ether oxygens (including phenoxy) is 4. The van der Waals surface area contributed by atoms with E-state index < -0.39 is 23.0 Å². The van der Waals surface area contributed by atoms with Crippen LogP contribution >= 0.6 is 31.9 Å². The van der Waals surface area contributed by atoms with Gasteiger partial charge < -0.3 is 18.9 Å². The lowest BCUT2D eigenvalue weighted by Gasteiger charge is -2.37. The normalized spacial score (nSPS) is 18.3. The van der Waals surface area contributed by atoms with Crippen LogP contribution in [0.15, 0.2) is 70.1 Å². The largest absolute Gasteiger partial charge is 0.460 e. The molecule has 12 heteroatoms. The van der Waals surface area contributed by atoms with E-state index in [0.717, 1.165) is 44.3 Å². The van der Waals surface area contributed by atoms with Gasteiger partial charge in [-0.25, -0.2) is 5.06 Å². The molecule has 2 saturated carbocycles. The van der Waals surface area contributed by atoms with Crippen LogP contribution in [-0.4, -0.2) is 67.3 Å². The molecular formula is C60H91Br2NO9. The summed E-state index contributed by atoms with van der Waals surface area (Å²) in [5.41, 5.74) is 1.92. The zero-order chi connectivity index (χ0) is 54.1. The van der Waals surface area contributed by atoms with E-state index in [4.69, 9.17) is 23.8 Å². The first-order valence-corrected chi connectivity index (χ1v) is 27.7. The van der Waals surface area contributed by atoms with E-state index in [0.29, 0.717) is 74.8 Å². The molecule has 0 heterocycles. The van der Waals surface area contributed by atoms with E-state index in [9.17, 15) is 19.2 Å². The van der Waals surface area contributed by atoms with E-state index >= 15 is 0 Å². The summed E-state index contributed by atoms with van der Waals surface area (Å²) in [5.74, 6) is 6.77. The molecule has 10 nitrogen and oxygen atoms in total. The van der Waals surface area contributed by atoms with Gasteiger partial charge in [-0.3, -0.25) is 24.0 Å². The third-order valence-corrected chi connectivity index (χ3v) is 12.5. The number of hydroxylamine groups is 2. The molecule has 0 spiro atoms. The Kier molecular flexibility index (Phi) is 28.9. The Balaban J connectivity index is 0.000000403. The van der Waals surface area contributed by atoms with Crippen LogP contribution in [0.4, 0.5) is 0 Å². The fourth-order valence-corrected chi connectivity index (χ4v) is 9.59. The van der Waals surface area contributed by atoms with Gasteiger partial charge in [0, 0.05) is 32.1 Å². The zero-order valence-electron chi connectivity index (χ0n) is 46.5. The van der Waals surface area contributed by atoms with Gasteiger partial charge in [0.1, 0.15) is 11.2 Å². The number of rotatable bonds is 22. The molecule has 2 atom stereocenters. The lowest BCUT2D eigenvalue weighted by Crippen LogP contribution is -2.35. The monoisotopic (exact) mass is 1130 g/mol. The van der Waals surface area contributed by atoms with Crippen LogP contribution in [0.2, 0.25) is 0 Å². The predicted molar refractivity (Wildman–Crippen MR) is 298 cm³/mol. The maximum atomic E-state index is 12.9. The highest BCUT2D eigenvalue weighted by Gasteiger charge is 2.33. The molecule has 0 radical (unpaired) electrons. The summed E-state index contributed by atoms with van der Waals surface area (Å²) in [6, 6.07) is 19.9. The van der Waals surface area contributed by atoms with E-state index in [1.165, 1.54) is 39.8 Å². The van der Waals surface area contributed by atoms with Gasteiger partial charge in [0.05, 0.1) is 42.5 Å². The average Bonchev–Trinajstić information content (AvgIpc) is 3.23. The van der Waals surface area contributed by atoms with Crippen LogP contribution in [0, 0.1) is 58.2 Å². The third kappa shape index (κ3) is 31.4. The fourth-order valence-electron chi connectivity index (χ4n) is 8.84. The molecule has 72 heavy (non-hydrogen) atoms. The quantitative estimate of drug-likeness (QED) is 0.0373. The molecule has 2 unspecified atom stereocenters. The summed E-state index contributed by atoms with van der Waals surface area (Å²) in [7, 11) is 2.96. The fraction of sp³-hybridized carbons (Fsp3) is 0.667. The number of hydrogen-bond acceptors (Lipinski definition) is 9. The van der Waals surface area contributed by atoms with Gasteiger partial charge in [0.15, 0.2) is 0 Å². The van der Waals surface area contributed by atoms with Gasteiger partial charge in [0.25, 0.3) is 0 Å². The van der Waals surface area contributed by atoms with E-state index in [1.807, 2.05) is 81.4 Å². The number of Topliss-reactive ketones (excluding diaryl/α,β-unsaturated/α-hetero) is 1. The molecule has 2 fully saturated rings. The molecule has 0 aromatic heterocycles. The smallest absolute Gasteiger partial charge is 0.307 e. The highest BCUT2D eigenvalue weighted by Crippen LogP contribution is 2.43. The first-order chi connectivity index (χ1) is 33.5. The molecule has 0 N–H and O–H groups in total. The van der Waals surface area contributed by atoms with Gasteiger partial charge in [-0.05, 0) is 183 Å². The van der Waals surface area contributed by atoms with Crippen molar-refractivity contribution in [3.8, 4) is 11.8 Å². The summed E-state index contributed by atoms with van der Waals surface area (Å²) in [4.78, 5) is 54.7. The van der Waals surface area contributed by atoms with Crippen molar-refractivity contribution in [1.82, 2.24) is 5.06 Å². The predicted octanol–water partition coefficient (Wildman–Crippen LogP) is 14.8. The molecule has 0 bridgehead atoms. The number of allylic oxidation sites excluding steroid dienone is 1. The number of ketones is 1. The number of carbonyl (C=O) groups excluding carboxylic acids is 4. The molecule has 0 saturated heterocycles. The molecule has 404 valence electrons. The molecule has 2 aliphatic rings. The molecule has 0 aliphatic heterocycles. The van der Waals surface area contributed by atoms with Crippen LogP contribution in [0.3, 0.4) is 0 Å². The standard InChI is InChI=1S/C29H42O4.C20H31NO5.C11H18Br2/c1-28(2,3)20-24-17-23(18-24)14-15-26(30)25(19-27(31)33-29(4,5)6)13-10-16-32-21-22-11-8-7-9-12-22;1-20(2,3)26-18(22)14-17(19(23)21(4)24-5)12-9-13-25-15-16-10-7-6-8-11-16;1-11(2,3)7-9-4-8(5-9)6-10(12)13/h7-9,11-12,23-25H,10,13,16-21H2,1-6H3;6-8,10-11,17H,9,12-15H2,1-5H3;6,8-9H,4-5,7H2,1-3H3. The molecule has 2 aromatic carbocycles. The molecule has 4 rings (SSSR count). The van der Waals surface area contributed by atoms with Crippen LogP contribution in [0.1, 0.15) is 171 Å². The lowest BCUT2D eigenvalue weighted by atomic mass is 9.68. The second-order valence-corrected chi connectivity index (χ2v) is 26.9. The Morgan fingerprint density at radius 1 is 0.653 bits per heavy atom. The van der Waals surface area contributed by atoms with E-state index in [2.05, 4.69) is 91.3 Å². The van der Waals surface area contributed by atoms with Crippen LogP contribution in [0.5, 0.6) is 0 Å². The first-order valence-electron chi connectivity index (χ1n) is 26.1. The molecule has 1 amide bonds. The Hall–Kier alpha value is -3.34. The van der Waals surface area contributed by atoms with Crippen molar-refractivity contribution >= 4 is 55.5 Å². The van der Waals surface area contributed by atoms with Crippen molar-refractivity contribution < 1.29 is 43.0 Å². The van der Waals surface area contributed by atoms with Crippen molar-refractivity contribution in [3.05, 3.63) is 81.3 Å². The van der Waals surface area contributed by atoms with Gasteiger partial charge in [-0.1, -0.05) is 114 Å². The molecule has 2 aliphatic carbocycles. The molecule has 2 aromatic rings. The average molecular weight is 1130 g/mol. The summed E-state index contributed by atoms with van der Waals surface area (Å²) in [6.45, 7) is 26.8. The number of amides is 1. The van der Waals surface area contributed by atoms with Gasteiger partial charge in [0.2, 0.25) is 11.7 Å². The molecular weight excluding hydrogens is 1040 g/mol. The van der Waals surface area contributed by atoms with Crippen molar-refractivity contribution in [2.24, 2.45) is 46.3 Å². The van der Waals surface area contributed by atoms with Crippen molar-refractivity contribution in [2.75, 3.05) is 27.4 Å². The van der Waals surface area contributed by atoms with Gasteiger partial charge in [-0.15, -0.1) is 0 Å². The van der Waals surface area contributed by atoms with Crippen LogP contribution in [0.25, 0.3) is 0 Å². The Morgan fingerprint density at radius 3 is 1.47 bits per heavy atom. The summed E-state index contributed by atoms with van der Waals surface area (Å²) < 4.78 is 23.3. The van der Waals surface area contributed by atoms with Crippen LogP contribution < -0.4 is 0 Å². The topological polar surface area (TPSA) is 118 Å². The number of esters is 2.